The Balaban J connectivity index is 2.89. The Bertz CT molecular complexity index is 534. The zero-order valence-electron chi connectivity index (χ0n) is 8.72. The molecule has 3 heteroatoms. The van der Waals surface area contributed by atoms with Crippen molar-refractivity contribution in [1.29, 1.82) is 5.41 Å². The molecule has 1 aromatic carbocycles. The summed E-state index contributed by atoms with van der Waals surface area (Å²) in [6, 6.07) is 4.36. The van der Waals surface area contributed by atoms with E-state index in [1.807, 2.05) is 4.57 Å². The molecule has 2 aromatic rings. The number of rotatable bonds is 1. The molecule has 14 heavy (non-hydrogen) atoms. The van der Waals surface area contributed by atoms with Gasteiger partial charge in [0.1, 0.15) is 0 Å². The third-order valence-corrected chi connectivity index (χ3v) is 3.59. The third-order valence-electron chi connectivity index (χ3n) is 2.63. The normalized spacial score (nSPS) is 11.1. The predicted octanol–water partition coefficient (Wildman–Crippen LogP) is 2.82. The molecule has 1 heterocycles. The summed E-state index contributed by atoms with van der Waals surface area (Å²) in [5.41, 5.74) is 3.81. The molecule has 0 amide bonds. The van der Waals surface area contributed by atoms with Crippen LogP contribution in [0.2, 0.25) is 0 Å². The number of thiazole rings is 1. The van der Waals surface area contributed by atoms with E-state index in [1.54, 1.807) is 11.3 Å². The summed E-state index contributed by atoms with van der Waals surface area (Å²) in [7, 11) is 0. The van der Waals surface area contributed by atoms with Crippen molar-refractivity contribution in [3.05, 3.63) is 28.1 Å². The Morgan fingerprint density at radius 3 is 2.57 bits per heavy atom. The fourth-order valence-electron chi connectivity index (χ4n) is 1.65. The average Bonchev–Trinajstić information content (AvgIpc) is 2.42. The molecule has 0 aliphatic carbocycles. The van der Waals surface area contributed by atoms with Crippen molar-refractivity contribution >= 4 is 21.6 Å². The minimum atomic E-state index is 0.646. The lowest BCUT2D eigenvalue weighted by molar-refractivity contribution is 0.755. The second-order valence-electron chi connectivity index (χ2n) is 3.56. The van der Waals surface area contributed by atoms with Crippen LogP contribution < -0.4 is 4.80 Å². The standard InChI is InChI=1S/C11H14N2S/c1-4-13-9-5-7(2)8(3)6-10(9)14-11(13)12/h5-6,12H,4H2,1-3H3. The molecule has 0 spiro atoms. The molecule has 0 aliphatic rings. The van der Waals surface area contributed by atoms with E-state index in [0.717, 1.165) is 6.54 Å². The Labute approximate surface area is 87.3 Å². The van der Waals surface area contributed by atoms with Crippen LogP contribution in [0.3, 0.4) is 0 Å². The third kappa shape index (κ3) is 1.28. The number of benzene rings is 1. The van der Waals surface area contributed by atoms with Gasteiger partial charge >= 0.3 is 0 Å². The summed E-state index contributed by atoms with van der Waals surface area (Å²) in [6.45, 7) is 7.20. The molecule has 0 saturated carbocycles. The first kappa shape index (κ1) is 9.46. The molecule has 2 nitrogen and oxygen atoms in total. The highest BCUT2D eigenvalue weighted by atomic mass is 32.1. The summed E-state index contributed by atoms with van der Waals surface area (Å²) in [4.78, 5) is 0.646. The number of aryl methyl sites for hydroxylation is 3. The first-order valence-electron chi connectivity index (χ1n) is 4.78. The summed E-state index contributed by atoms with van der Waals surface area (Å²) in [5.74, 6) is 0. The molecule has 1 aromatic heterocycles. The van der Waals surface area contributed by atoms with E-state index in [2.05, 4.69) is 32.9 Å². The van der Waals surface area contributed by atoms with Gasteiger partial charge in [0.05, 0.1) is 10.2 Å². The van der Waals surface area contributed by atoms with Crippen LogP contribution >= 0.6 is 11.3 Å². The van der Waals surface area contributed by atoms with Crippen LogP contribution in [0.1, 0.15) is 18.1 Å². The van der Waals surface area contributed by atoms with E-state index in [-0.39, 0.29) is 0 Å². The van der Waals surface area contributed by atoms with Crippen molar-refractivity contribution in [1.82, 2.24) is 4.57 Å². The molecule has 1 N–H and O–H groups in total. The summed E-state index contributed by atoms with van der Waals surface area (Å²) >= 11 is 1.56. The van der Waals surface area contributed by atoms with Crippen LogP contribution in [0.4, 0.5) is 0 Å². The van der Waals surface area contributed by atoms with Crippen LogP contribution in [-0.4, -0.2) is 4.57 Å². The average molecular weight is 206 g/mol. The second-order valence-corrected chi connectivity index (χ2v) is 4.59. The van der Waals surface area contributed by atoms with Crippen molar-refractivity contribution in [2.75, 3.05) is 0 Å². The molecular formula is C11H14N2S. The zero-order valence-corrected chi connectivity index (χ0v) is 9.53. The van der Waals surface area contributed by atoms with E-state index in [1.165, 1.54) is 21.3 Å². The molecule has 74 valence electrons. The lowest BCUT2D eigenvalue weighted by Crippen LogP contribution is -2.10. The number of nitrogens with one attached hydrogen (secondary N) is 1. The molecule has 0 saturated heterocycles. The monoisotopic (exact) mass is 206 g/mol. The zero-order chi connectivity index (χ0) is 10.3. The summed E-state index contributed by atoms with van der Waals surface area (Å²) < 4.78 is 3.27. The quantitative estimate of drug-likeness (QED) is 0.743. The number of hydrogen-bond acceptors (Lipinski definition) is 2. The van der Waals surface area contributed by atoms with Gasteiger partial charge in [0, 0.05) is 6.54 Å². The van der Waals surface area contributed by atoms with E-state index >= 15 is 0 Å². The highest BCUT2D eigenvalue weighted by Gasteiger charge is 2.05. The molecule has 2 rings (SSSR count). The highest BCUT2D eigenvalue weighted by molar-refractivity contribution is 7.16. The summed E-state index contributed by atoms with van der Waals surface area (Å²) in [5, 5.41) is 7.82. The van der Waals surface area contributed by atoms with E-state index < -0.39 is 0 Å². The fourth-order valence-corrected chi connectivity index (χ4v) is 2.71. The van der Waals surface area contributed by atoms with Gasteiger partial charge in [-0.15, -0.1) is 0 Å². The topological polar surface area (TPSA) is 28.8 Å². The van der Waals surface area contributed by atoms with Crippen LogP contribution in [-0.2, 0) is 6.54 Å². The number of hydrogen-bond donors (Lipinski definition) is 1. The molecule has 0 atom stereocenters. The van der Waals surface area contributed by atoms with Crippen LogP contribution in [0.15, 0.2) is 12.1 Å². The van der Waals surface area contributed by atoms with Crippen molar-refractivity contribution in [2.45, 2.75) is 27.3 Å². The molecular weight excluding hydrogens is 192 g/mol. The molecule has 0 bridgehead atoms. The van der Waals surface area contributed by atoms with Gasteiger partial charge in [-0.3, -0.25) is 5.41 Å². The van der Waals surface area contributed by atoms with Gasteiger partial charge in [-0.1, -0.05) is 11.3 Å². The molecule has 0 fully saturated rings. The number of nitrogens with zero attached hydrogens (tertiary/aromatic N) is 1. The predicted molar refractivity (Wildman–Crippen MR) is 60.8 cm³/mol. The lowest BCUT2D eigenvalue weighted by atomic mass is 10.1. The van der Waals surface area contributed by atoms with Crippen LogP contribution in [0.5, 0.6) is 0 Å². The van der Waals surface area contributed by atoms with Gasteiger partial charge in [0.15, 0.2) is 4.80 Å². The maximum Gasteiger partial charge on any atom is 0.182 e. The highest BCUT2D eigenvalue weighted by Crippen LogP contribution is 2.21. The van der Waals surface area contributed by atoms with Gasteiger partial charge in [0.2, 0.25) is 0 Å². The summed E-state index contributed by atoms with van der Waals surface area (Å²) in [6.07, 6.45) is 0. The van der Waals surface area contributed by atoms with E-state index in [9.17, 15) is 0 Å². The van der Waals surface area contributed by atoms with E-state index in [0.29, 0.717) is 4.80 Å². The van der Waals surface area contributed by atoms with Crippen molar-refractivity contribution in [2.24, 2.45) is 0 Å². The Morgan fingerprint density at radius 1 is 1.29 bits per heavy atom. The SMILES string of the molecule is CCn1c(=N)sc2cc(C)c(C)cc21. The minimum Gasteiger partial charge on any atom is -0.317 e. The van der Waals surface area contributed by atoms with Crippen LogP contribution in [0.25, 0.3) is 10.2 Å². The van der Waals surface area contributed by atoms with Gasteiger partial charge in [-0.05, 0) is 44.0 Å². The van der Waals surface area contributed by atoms with Crippen molar-refractivity contribution in [3.8, 4) is 0 Å². The number of aromatic nitrogens is 1. The smallest absolute Gasteiger partial charge is 0.182 e. The van der Waals surface area contributed by atoms with Gasteiger partial charge in [-0.2, -0.15) is 0 Å². The minimum absolute atomic E-state index is 0.646. The van der Waals surface area contributed by atoms with E-state index in [4.69, 9.17) is 5.41 Å². The number of fused-ring (bicyclic) bond motifs is 1. The second kappa shape index (κ2) is 3.24. The Kier molecular flexibility index (Phi) is 2.19. The largest absolute Gasteiger partial charge is 0.317 e. The fraction of sp³-hybridized carbons (Fsp3) is 0.364. The Morgan fingerprint density at radius 2 is 1.93 bits per heavy atom. The van der Waals surface area contributed by atoms with Crippen LogP contribution in [0, 0.1) is 19.3 Å². The first-order valence-corrected chi connectivity index (χ1v) is 5.60. The lowest BCUT2D eigenvalue weighted by Gasteiger charge is -2.02. The van der Waals surface area contributed by atoms with Crippen molar-refractivity contribution < 1.29 is 0 Å². The Hall–Kier alpha value is -1.09. The molecule has 0 aliphatic heterocycles. The van der Waals surface area contributed by atoms with Gasteiger partial charge in [-0.25, -0.2) is 0 Å². The molecule has 0 radical (unpaired) electrons. The molecule has 0 unspecified atom stereocenters. The van der Waals surface area contributed by atoms with Crippen molar-refractivity contribution in [3.63, 3.8) is 0 Å². The van der Waals surface area contributed by atoms with Gasteiger partial charge < -0.3 is 4.57 Å². The first-order chi connectivity index (χ1) is 6.63. The maximum absolute atomic E-state index is 7.82. The van der Waals surface area contributed by atoms with Gasteiger partial charge in [0.25, 0.3) is 0 Å². The maximum atomic E-state index is 7.82.